The number of hydrazone groups is 1. The predicted octanol–water partition coefficient (Wildman–Crippen LogP) is 0.0530. The van der Waals surface area contributed by atoms with E-state index in [0.29, 0.717) is 5.23 Å². The van der Waals surface area contributed by atoms with Gasteiger partial charge in [-0.15, -0.1) is 5.10 Å². The van der Waals surface area contributed by atoms with Crippen LogP contribution < -0.4 is 5.43 Å². The number of ether oxygens (including phenoxy) is 1. The zero-order chi connectivity index (χ0) is 5.70. The van der Waals surface area contributed by atoms with Gasteiger partial charge in [-0.25, -0.2) is 0 Å². The van der Waals surface area contributed by atoms with Crippen LogP contribution in [0.4, 0.5) is 0 Å². The second-order valence-corrected chi connectivity index (χ2v) is 1.20. The summed E-state index contributed by atoms with van der Waals surface area (Å²) in [7, 11) is 3.18. The first kappa shape index (κ1) is 6.62. The summed E-state index contributed by atoms with van der Waals surface area (Å²) in [6.45, 7) is 0. The molecule has 0 aromatic carbocycles. The van der Waals surface area contributed by atoms with Gasteiger partial charge in [-0.2, -0.15) is 0 Å². The van der Waals surface area contributed by atoms with E-state index in [-0.39, 0.29) is 0 Å². The quantitative estimate of drug-likeness (QED) is 0.222. The standard InChI is InChI=1S/C3H8N2OS/c1-4-5-3(7)6-2/h4H,1-2H3,(H,5,7). The van der Waals surface area contributed by atoms with Crippen molar-refractivity contribution in [1.29, 1.82) is 0 Å². The van der Waals surface area contributed by atoms with Gasteiger partial charge < -0.3 is 10.2 Å². The molecule has 0 amide bonds. The molecule has 0 unspecified atom stereocenters. The van der Waals surface area contributed by atoms with Crippen molar-refractivity contribution in [3.05, 3.63) is 0 Å². The Morgan fingerprint density at radius 2 is 2.43 bits per heavy atom. The Hall–Kier alpha value is -0.380. The van der Waals surface area contributed by atoms with Gasteiger partial charge in [0.15, 0.2) is 0 Å². The van der Waals surface area contributed by atoms with Gasteiger partial charge in [-0.3, -0.25) is 0 Å². The number of thiol groups is 1. The topological polar surface area (TPSA) is 33.6 Å². The van der Waals surface area contributed by atoms with E-state index in [1.54, 1.807) is 7.05 Å². The van der Waals surface area contributed by atoms with Crippen molar-refractivity contribution in [3.8, 4) is 0 Å². The number of nitrogens with zero attached hydrogens (tertiary/aromatic N) is 1. The molecular weight excluding hydrogens is 112 g/mol. The number of methoxy groups -OCH3 is 1. The average Bonchev–Trinajstić information content (AvgIpc) is 1.68. The summed E-state index contributed by atoms with van der Waals surface area (Å²) in [6.07, 6.45) is 0. The zero-order valence-corrected chi connectivity index (χ0v) is 5.20. The molecule has 1 N–H and O–H groups in total. The summed E-state index contributed by atoms with van der Waals surface area (Å²) in [6, 6.07) is 0. The highest BCUT2D eigenvalue weighted by Crippen LogP contribution is 1.79. The SMILES string of the molecule is CN/N=C(/S)OC. The van der Waals surface area contributed by atoms with Crippen LogP contribution in [-0.4, -0.2) is 19.4 Å². The van der Waals surface area contributed by atoms with Gasteiger partial charge in [-0.05, 0) is 0 Å². The molecule has 3 nitrogen and oxygen atoms in total. The van der Waals surface area contributed by atoms with Crippen LogP contribution in [0.5, 0.6) is 0 Å². The monoisotopic (exact) mass is 120 g/mol. The molecule has 0 saturated heterocycles. The Morgan fingerprint density at radius 1 is 1.86 bits per heavy atom. The molecule has 0 bridgehead atoms. The maximum Gasteiger partial charge on any atom is 0.263 e. The summed E-state index contributed by atoms with van der Waals surface area (Å²) >= 11 is 3.78. The molecule has 0 radical (unpaired) electrons. The molecular formula is C3H8N2OS. The van der Waals surface area contributed by atoms with E-state index in [1.807, 2.05) is 0 Å². The predicted molar refractivity (Wildman–Crippen MR) is 32.5 cm³/mol. The first-order valence-corrected chi connectivity index (χ1v) is 2.23. The minimum Gasteiger partial charge on any atom is -0.475 e. The van der Waals surface area contributed by atoms with E-state index >= 15 is 0 Å². The van der Waals surface area contributed by atoms with Gasteiger partial charge in [0.25, 0.3) is 5.23 Å². The summed E-state index contributed by atoms with van der Waals surface area (Å²) in [5.41, 5.74) is 2.50. The molecule has 0 aromatic heterocycles. The maximum absolute atomic E-state index is 4.54. The number of rotatable bonds is 1. The second kappa shape index (κ2) is 3.80. The Kier molecular flexibility index (Phi) is 3.59. The molecule has 0 aliphatic carbocycles. The van der Waals surface area contributed by atoms with E-state index in [2.05, 4.69) is 27.9 Å². The van der Waals surface area contributed by atoms with E-state index in [4.69, 9.17) is 0 Å². The van der Waals surface area contributed by atoms with E-state index in [1.165, 1.54) is 7.11 Å². The molecule has 7 heavy (non-hydrogen) atoms. The molecule has 0 heterocycles. The maximum atomic E-state index is 4.54. The lowest BCUT2D eigenvalue weighted by molar-refractivity contribution is 0.412. The summed E-state index contributed by atoms with van der Waals surface area (Å²) in [4.78, 5) is 0. The molecule has 0 aromatic rings. The van der Waals surface area contributed by atoms with Crippen LogP contribution in [0.15, 0.2) is 5.10 Å². The van der Waals surface area contributed by atoms with Gasteiger partial charge in [0.05, 0.1) is 7.11 Å². The fourth-order valence-corrected chi connectivity index (χ4v) is 0.241. The van der Waals surface area contributed by atoms with Crippen LogP contribution in [0, 0.1) is 0 Å². The average molecular weight is 120 g/mol. The molecule has 0 atom stereocenters. The highest BCUT2D eigenvalue weighted by atomic mass is 32.1. The van der Waals surface area contributed by atoms with Crippen molar-refractivity contribution >= 4 is 17.9 Å². The Morgan fingerprint density at radius 3 is 2.57 bits per heavy atom. The molecule has 0 fully saturated rings. The Bertz CT molecular complexity index is 73.3. The van der Waals surface area contributed by atoms with E-state index in [0.717, 1.165) is 0 Å². The van der Waals surface area contributed by atoms with Crippen LogP contribution in [0.3, 0.4) is 0 Å². The van der Waals surface area contributed by atoms with Crippen LogP contribution in [0.2, 0.25) is 0 Å². The fourth-order valence-electron chi connectivity index (χ4n) is 0.141. The summed E-state index contributed by atoms with van der Waals surface area (Å²) < 4.78 is 4.54. The largest absolute Gasteiger partial charge is 0.475 e. The van der Waals surface area contributed by atoms with Crippen molar-refractivity contribution in [3.63, 3.8) is 0 Å². The highest BCUT2D eigenvalue weighted by molar-refractivity contribution is 7.96. The normalized spacial score (nSPS) is 11.0. The van der Waals surface area contributed by atoms with Crippen molar-refractivity contribution in [2.75, 3.05) is 14.2 Å². The first-order chi connectivity index (χ1) is 3.31. The Balaban J connectivity index is 3.29. The lowest BCUT2D eigenvalue weighted by Gasteiger charge is -1.92. The summed E-state index contributed by atoms with van der Waals surface area (Å²) in [5, 5.41) is 3.89. The third-order valence-corrected chi connectivity index (χ3v) is 0.673. The van der Waals surface area contributed by atoms with Crippen molar-refractivity contribution in [2.45, 2.75) is 0 Å². The van der Waals surface area contributed by atoms with Gasteiger partial charge in [-0.1, -0.05) is 12.6 Å². The molecule has 0 saturated carbocycles. The van der Waals surface area contributed by atoms with Crippen LogP contribution in [0.25, 0.3) is 0 Å². The molecule has 42 valence electrons. The Labute approximate surface area is 48.2 Å². The van der Waals surface area contributed by atoms with Gasteiger partial charge in [0.1, 0.15) is 0 Å². The lowest BCUT2D eigenvalue weighted by Crippen LogP contribution is -2.00. The smallest absolute Gasteiger partial charge is 0.263 e. The third-order valence-electron chi connectivity index (χ3n) is 0.390. The van der Waals surface area contributed by atoms with Crippen LogP contribution >= 0.6 is 12.6 Å². The van der Waals surface area contributed by atoms with Crippen LogP contribution in [-0.2, 0) is 4.74 Å². The fraction of sp³-hybridized carbons (Fsp3) is 0.667. The number of nitrogens with one attached hydrogen (secondary N) is 1. The van der Waals surface area contributed by atoms with Crippen molar-refractivity contribution in [1.82, 2.24) is 5.43 Å². The minimum atomic E-state index is 0.336. The molecule has 0 rings (SSSR count). The first-order valence-electron chi connectivity index (χ1n) is 1.78. The van der Waals surface area contributed by atoms with Gasteiger partial charge in [0.2, 0.25) is 0 Å². The lowest BCUT2D eigenvalue weighted by atomic mass is 11.4. The molecule has 0 aliphatic rings. The third kappa shape index (κ3) is 3.45. The van der Waals surface area contributed by atoms with E-state index < -0.39 is 0 Å². The van der Waals surface area contributed by atoms with Gasteiger partial charge >= 0.3 is 0 Å². The van der Waals surface area contributed by atoms with Crippen molar-refractivity contribution in [2.24, 2.45) is 5.10 Å². The summed E-state index contributed by atoms with van der Waals surface area (Å²) in [5.74, 6) is 0. The van der Waals surface area contributed by atoms with Gasteiger partial charge in [0, 0.05) is 7.05 Å². The zero-order valence-electron chi connectivity index (χ0n) is 4.30. The molecule has 4 heteroatoms. The molecule has 0 spiro atoms. The number of hydrogen-bond donors (Lipinski definition) is 2. The van der Waals surface area contributed by atoms with Crippen molar-refractivity contribution < 1.29 is 4.74 Å². The van der Waals surface area contributed by atoms with E-state index in [9.17, 15) is 0 Å². The minimum absolute atomic E-state index is 0.336. The molecule has 0 aliphatic heterocycles. The highest BCUT2D eigenvalue weighted by Gasteiger charge is 1.79. The second-order valence-electron chi connectivity index (χ2n) is 0.822. The number of hydrogen-bond acceptors (Lipinski definition) is 3. The van der Waals surface area contributed by atoms with Crippen LogP contribution in [0.1, 0.15) is 0 Å².